The average molecular weight is 455 g/mol. The van der Waals surface area contributed by atoms with Crippen molar-refractivity contribution in [3.8, 4) is 22.3 Å². The molecule has 0 aromatic heterocycles. The molecule has 0 atom stereocenters. The molecule has 0 aliphatic heterocycles. The van der Waals surface area contributed by atoms with Crippen molar-refractivity contribution in [1.82, 2.24) is 0 Å². The van der Waals surface area contributed by atoms with Crippen molar-refractivity contribution in [3.05, 3.63) is 82.9 Å². The molecular weight excluding hydrogens is 408 g/mol. The zero-order valence-corrected chi connectivity index (χ0v) is 23.8. The third kappa shape index (κ3) is 6.01. The van der Waals surface area contributed by atoms with E-state index in [1.807, 2.05) is 0 Å². The molecule has 0 fully saturated rings. The summed E-state index contributed by atoms with van der Waals surface area (Å²) in [6, 6.07) is 23.5. The predicted octanol–water partition coefficient (Wildman–Crippen LogP) is 10.2. The molecule has 0 aliphatic rings. The Bertz CT molecular complexity index is 1010. The first kappa shape index (κ1) is 26.3. The maximum absolute atomic E-state index is 2.40. The van der Waals surface area contributed by atoms with Gasteiger partial charge in [-0.1, -0.05) is 138 Å². The van der Waals surface area contributed by atoms with Crippen LogP contribution in [0, 0.1) is 0 Å². The Kier molecular flexibility index (Phi) is 6.73. The van der Waals surface area contributed by atoms with E-state index in [-0.39, 0.29) is 21.7 Å². The minimum absolute atomic E-state index is 0.107. The van der Waals surface area contributed by atoms with Crippen LogP contribution in [0.5, 0.6) is 0 Å². The van der Waals surface area contributed by atoms with E-state index >= 15 is 0 Å². The fraction of sp³-hybridized carbons (Fsp3) is 0.471. The normalized spacial score (nSPS) is 13.3. The van der Waals surface area contributed by atoms with Crippen LogP contribution >= 0.6 is 0 Å². The molecule has 0 aliphatic carbocycles. The van der Waals surface area contributed by atoms with Gasteiger partial charge >= 0.3 is 0 Å². The minimum atomic E-state index is 0.107. The first-order valence-electron chi connectivity index (χ1n) is 12.8. The van der Waals surface area contributed by atoms with Gasteiger partial charge in [-0.25, -0.2) is 0 Å². The minimum Gasteiger partial charge on any atom is -0.0610 e. The van der Waals surface area contributed by atoms with Crippen molar-refractivity contribution < 1.29 is 0 Å². The van der Waals surface area contributed by atoms with E-state index in [9.17, 15) is 0 Å². The highest BCUT2D eigenvalue weighted by atomic mass is 14.3. The highest BCUT2D eigenvalue weighted by molar-refractivity contribution is 5.75. The van der Waals surface area contributed by atoms with Crippen molar-refractivity contribution in [3.63, 3.8) is 0 Å². The van der Waals surface area contributed by atoms with Crippen molar-refractivity contribution in [2.24, 2.45) is 0 Å². The quantitative estimate of drug-likeness (QED) is 0.361. The Balaban J connectivity index is 2.21. The molecule has 0 nitrogen and oxygen atoms in total. The van der Waals surface area contributed by atoms with Gasteiger partial charge in [0.25, 0.3) is 0 Å². The van der Waals surface area contributed by atoms with Gasteiger partial charge in [0, 0.05) is 0 Å². The SMILES string of the molecule is CC(C)(C)c1cc(-c2cccc(-c3cc(C(C)(C)C)cc(C(C)(C)C)c3)c2)cc(C(C)(C)C)c1. The Hall–Kier alpha value is -2.34. The second-order valence-corrected chi connectivity index (χ2v) is 14.2. The molecule has 3 aromatic rings. The fourth-order valence-electron chi connectivity index (χ4n) is 4.20. The first-order valence-corrected chi connectivity index (χ1v) is 12.8. The van der Waals surface area contributed by atoms with Crippen LogP contribution in [0.15, 0.2) is 60.7 Å². The van der Waals surface area contributed by atoms with Crippen LogP contribution in [0.2, 0.25) is 0 Å². The van der Waals surface area contributed by atoms with Gasteiger partial charge in [-0.15, -0.1) is 0 Å². The number of benzene rings is 3. The van der Waals surface area contributed by atoms with Crippen LogP contribution in [-0.4, -0.2) is 0 Å². The average Bonchev–Trinajstić information content (AvgIpc) is 2.70. The maximum atomic E-state index is 2.40. The largest absolute Gasteiger partial charge is 0.0610 e. The third-order valence-electron chi connectivity index (χ3n) is 6.86. The van der Waals surface area contributed by atoms with E-state index in [1.54, 1.807) is 0 Å². The van der Waals surface area contributed by atoms with Gasteiger partial charge in [0.2, 0.25) is 0 Å². The Morgan fingerprint density at radius 2 is 0.588 bits per heavy atom. The van der Waals surface area contributed by atoms with E-state index in [0.717, 1.165) is 0 Å². The highest BCUT2D eigenvalue weighted by Gasteiger charge is 2.23. The Morgan fingerprint density at radius 1 is 0.324 bits per heavy atom. The van der Waals surface area contributed by atoms with Gasteiger partial charge in [-0.3, -0.25) is 0 Å². The van der Waals surface area contributed by atoms with Crippen LogP contribution in [0.3, 0.4) is 0 Å². The van der Waals surface area contributed by atoms with Crippen molar-refractivity contribution in [2.45, 2.75) is 105 Å². The lowest BCUT2D eigenvalue weighted by atomic mass is 9.78. The van der Waals surface area contributed by atoms with Gasteiger partial charge < -0.3 is 0 Å². The number of rotatable bonds is 2. The Labute approximate surface area is 209 Å². The number of hydrogen-bond donors (Lipinski definition) is 0. The summed E-state index contributed by atoms with van der Waals surface area (Å²) in [5.41, 5.74) is 11.2. The van der Waals surface area contributed by atoms with Gasteiger partial charge in [0.15, 0.2) is 0 Å². The van der Waals surface area contributed by atoms with E-state index in [0.29, 0.717) is 0 Å². The fourth-order valence-corrected chi connectivity index (χ4v) is 4.20. The predicted molar refractivity (Wildman–Crippen MR) is 152 cm³/mol. The zero-order chi connectivity index (χ0) is 25.7. The highest BCUT2D eigenvalue weighted by Crippen LogP contribution is 2.37. The van der Waals surface area contributed by atoms with Gasteiger partial charge in [0.05, 0.1) is 0 Å². The van der Waals surface area contributed by atoms with Gasteiger partial charge in [0.1, 0.15) is 0 Å². The molecule has 0 bridgehead atoms. The molecule has 0 radical (unpaired) electrons. The van der Waals surface area contributed by atoms with E-state index in [2.05, 4.69) is 144 Å². The molecule has 0 spiro atoms. The van der Waals surface area contributed by atoms with Crippen LogP contribution < -0.4 is 0 Å². The summed E-state index contributed by atoms with van der Waals surface area (Å²) in [5, 5.41) is 0. The lowest BCUT2D eigenvalue weighted by Crippen LogP contribution is -2.16. The monoisotopic (exact) mass is 454 g/mol. The summed E-state index contributed by atoms with van der Waals surface area (Å²) in [6.45, 7) is 27.7. The van der Waals surface area contributed by atoms with Gasteiger partial charge in [-0.05, 0) is 72.2 Å². The summed E-state index contributed by atoms with van der Waals surface area (Å²) < 4.78 is 0. The molecule has 0 heterocycles. The second kappa shape index (κ2) is 8.71. The molecule has 34 heavy (non-hydrogen) atoms. The molecule has 3 rings (SSSR count). The van der Waals surface area contributed by atoms with E-state index in [4.69, 9.17) is 0 Å². The zero-order valence-electron chi connectivity index (χ0n) is 23.8. The van der Waals surface area contributed by atoms with Gasteiger partial charge in [-0.2, -0.15) is 0 Å². The molecule has 0 amide bonds. The molecule has 182 valence electrons. The van der Waals surface area contributed by atoms with E-state index < -0.39 is 0 Å². The molecular formula is C34H46. The smallest absolute Gasteiger partial charge is 0.0132 e. The summed E-state index contributed by atoms with van der Waals surface area (Å²) in [7, 11) is 0. The molecule has 0 saturated heterocycles. The topological polar surface area (TPSA) is 0 Å². The summed E-state index contributed by atoms with van der Waals surface area (Å²) in [5.74, 6) is 0. The lowest BCUT2D eigenvalue weighted by Gasteiger charge is -2.27. The summed E-state index contributed by atoms with van der Waals surface area (Å²) in [4.78, 5) is 0. The van der Waals surface area contributed by atoms with Crippen molar-refractivity contribution in [2.75, 3.05) is 0 Å². The summed E-state index contributed by atoms with van der Waals surface area (Å²) in [6.07, 6.45) is 0. The third-order valence-corrected chi connectivity index (χ3v) is 6.86. The summed E-state index contributed by atoms with van der Waals surface area (Å²) >= 11 is 0. The number of hydrogen-bond acceptors (Lipinski definition) is 0. The molecule has 0 heteroatoms. The molecule has 3 aromatic carbocycles. The van der Waals surface area contributed by atoms with Crippen LogP contribution in [0.4, 0.5) is 0 Å². The molecule has 0 unspecified atom stereocenters. The Morgan fingerprint density at radius 3 is 0.824 bits per heavy atom. The van der Waals surface area contributed by atoms with Crippen molar-refractivity contribution in [1.29, 1.82) is 0 Å². The second-order valence-electron chi connectivity index (χ2n) is 14.2. The van der Waals surface area contributed by atoms with Crippen LogP contribution in [-0.2, 0) is 21.7 Å². The van der Waals surface area contributed by atoms with Crippen LogP contribution in [0.25, 0.3) is 22.3 Å². The van der Waals surface area contributed by atoms with E-state index in [1.165, 1.54) is 44.5 Å². The first-order chi connectivity index (χ1) is 15.4. The molecule has 0 N–H and O–H groups in total. The maximum Gasteiger partial charge on any atom is -0.0132 e. The molecule has 0 saturated carbocycles. The van der Waals surface area contributed by atoms with Crippen LogP contribution in [0.1, 0.15) is 105 Å². The van der Waals surface area contributed by atoms with Crippen molar-refractivity contribution >= 4 is 0 Å². The standard InChI is InChI=1S/C34H46/c1-31(2,3)27-17-25(18-28(21-27)32(4,5)6)23-14-13-15-24(16-23)26-19-29(33(7,8)9)22-30(20-26)34(10,11)12/h13-22H,1-12H3. The lowest BCUT2D eigenvalue weighted by molar-refractivity contribution is 0.568.